The molecule has 3 heterocycles. The molecule has 0 saturated heterocycles. The molecular formula is C22H17BrF5N7O2. The molecular weight excluding hydrogens is 569 g/mol. The lowest BCUT2D eigenvalue weighted by atomic mass is 10.0. The van der Waals surface area contributed by atoms with Gasteiger partial charge < -0.3 is 10.1 Å². The first kappa shape index (κ1) is 26.4. The molecule has 0 aromatic carbocycles. The Morgan fingerprint density at radius 1 is 1.30 bits per heavy atom. The summed E-state index contributed by atoms with van der Waals surface area (Å²) in [6, 6.07) is 5.76. The molecule has 0 aliphatic heterocycles. The number of amides is 1. The van der Waals surface area contributed by atoms with Crippen molar-refractivity contribution in [2.75, 3.05) is 6.61 Å². The van der Waals surface area contributed by atoms with Gasteiger partial charge in [-0.15, -0.1) is 5.10 Å². The van der Waals surface area contributed by atoms with Gasteiger partial charge in [0, 0.05) is 5.56 Å². The van der Waals surface area contributed by atoms with Crippen LogP contribution in [0.2, 0.25) is 0 Å². The molecule has 194 valence electrons. The Labute approximate surface area is 214 Å². The van der Waals surface area contributed by atoms with Crippen LogP contribution in [0.25, 0.3) is 5.82 Å². The quantitative estimate of drug-likeness (QED) is 0.386. The summed E-state index contributed by atoms with van der Waals surface area (Å²) in [4.78, 5) is 24.9. The first-order valence-electron chi connectivity index (χ1n) is 10.7. The van der Waals surface area contributed by atoms with Gasteiger partial charge in [-0.05, 0) is 60.0 Å². The normalized spacial score (nSPS) is 15.2. The lowest BCUT2D eigenvalue weighted by Gasteiger charge is -2.16. The van der Waals surface area contributed by atoms with E-state index in [1.54, 1.807) is 0 Å². The number of pyridine rings is 2. The minimum atomic E-state index is -4.82. The summed E-state index contributed by atoms with van der Waals surface area (Å²) in [5.41, 5.74) is -2.82. The molecule has 1 fully saturated rings. The second-order valence-corrected chi connectivity index (χ2v) is 8.93. The lowest BCUT2D eigenvalue weighted by molar-refractivity contribution is -0.141. The molecule has 1 aliphatic rings. The number of nitrogens with one attached hydrogen (secondary N) is 1. The second kappa shape index (κ2) is 10.0. The van der Waals surface area contributed by atoms with Crippen molar-refractivity contribution in [1.82, 2.24) is 30.0 Å². The van der Waals surface area contributed by atoms with Crippen molar-refractivity contribution in [2.45, 2.75) is 43.8 Å². The van der Waals surface area contributed by atoms with Gasteiger partial charge >= 0.3 is 6.18 Å². The summed E-state index contributed by atoms with van der Waals surface area (Å²) in [5, 5.41) is 16.1. The molecule has 1 unspecified atom stereocenters. The predicted molar refractivity (Wildman–Crippen MR) is 120 cm³/mol. The van der Waals surface area contributed by atoms with Crippen LogP contribution in [0.15, 0.2) is 35.2 Å². The average Bonchev–Trinajstić information content (AvgIpc) is 3.56. The fourth-order valence-electron chi connectivity index (χ4n) is 3.44. The number of nitriles is 1. The van der Waals surface area contributed by atoms with Crippen molar-refractivity contribution < 1.29 is 31.5 Å². The van der Waals surface area contributed by atoms with Gasteiger partial charge in [-0.3, -0.25) is 4.79 Å². The van der Waals surface area contributed by atoms with E-state index in [4.69, 9.17) is 4.74 Å². The summed E-state index contributed by atoms with van der Waals surface area (Å²) in [7, 11) is 0. The van der Waals surface area contributed by atoms with Gasteiger partial charge in [0.15, 0.2) is 11.6 Å². The minimum absolute atomic E-state index is 0.103. The summed E-state index contributed by atoms with van der Waals surface area (Å²) < 4.78 is 71.3. The van der Waals surface area contributed by atoms with Crippen molar-refractivity contribution >= 4 is 21.8 Å². The van der Waals surface area contributed by atoms with E-state index in [1.165, 1.54) is 36.0 Å². The third kappa shape index (κ3) is 5.85. The van der Waals surface area contributed by atoms with E-state index in [0.29, 0.717) is 18.9 Å². The number of nitrogens with zero attached hydrogens (tertiary/aromatic N) is 6. The fraction of sp³-hybridized carbons (Fsp3) is 0.364. The largest absolute Gasteiger partial charge is 0.486 e. The van der Waals surface area contributed by atoms with Crippen LogP contribution < -0.4 is 10.1 Å². The third-order valence-electron chi connectivity index (χ3n) is 5.49. The molecule has 1 amide bonds. The molecule has 1 atom stereocenters. The van der Waals surface area contributed by atoms with Crippen LogP contribution in [0.5, 0.6) is 5.75 Å². The smallest absolute Gasteiger partial charge is 0.433 e. The van der Waals surface area contributed by atoms with Crippen LogP contribution >= 0.6 is 15.9 Å². The van der Waals surface area contributed by atoms with E-state index >= 15 is 0 Å². The van der Waals surface area contributed by atoms with Crippen molar-refractivity contribution in [3.63, 3.8) is 0 Å². The zero-order valence-corrected chi connectivity index (χ0v) is 20.5. The first-order valence-corrected chi connectivity index (χ1v) is 11.5. The van der Waals surface area contributed by atoms with E-state index in [0.717, 1.165) is 0 Å². The standard InChI is InChI=1S/C22H17BrF5N7O2/c1-11(18-33-20(23)34-35(18)17-3-2-13(8-30-17)37-9-16(24)25)31-19(36)12-6-14(21(10-29)4-5-21)32-15(7-12)22(26,27)28/h2-3,6-8,11,16H,4-5,9H2,1H3,(H,31,36). The lowest BCUT2D eigenvalue weighted by Crippen LogP contribution is -2.29. The van der Waals surface area contributed by atoms with Crippen molar-refractivity contribution in [2.24, 2.45) is 0 Å². The molecule has 9 nitrogen and oxygen atoms in total. The first-order chi connectivity index (χ1) is 17.4. The van der Waals surface area contributed by atoms with E-state index in [-0.39, 0.29) is 33.4 Å². The molecule has 37 heavy (non-hydrogen) atoms. The van der Waals surface area contributed by atoms with Crippen LogP contribution in [0.3, 0.4) is 0 Å². The highest BCUT2D eigenvalue weighted by Crippen LogP contribution is 2.47. The molecule has 3 aromatic heterocycles. The molecule has 0 spiro atoms. The molecule has 1 aliphatic carbocycles. The number of hydrogen-bond acceptors (Lipinski definition) is 7. The number of alkyl halides is 5. The van der Waals surface area contributed by atoms with Crippen LogP contribution in [-0.4, -0.2) is 43.7 Å². The van der Waals surface area contributed by atoms with Gasteiger partial charge in [0.25, 0.3) is 12.3 Å². The summed E-state index contributed by atoms with van der Waals surface area (Å²) in [5.74, 6) is -0.348. The molecule has 0 radical (unpaired) electrons. The van der Waals surface area contributed by atoms with Gasteiger partial charge in [-0.25, -0.2) is 23.7 Å². The van der Waals surface area contributed by atoms with Gasteiger partial charge in [0.1, 0.15) is 18.1 Å². The van der Waals surface area contributed by atoms with E-state index in [9.17, 15) is 32.0 Å². The third-order valence-corrected chi connectivity index (χ3v) is 5.82. The Balaban J connectivity index is 1.58. The monoisotopic (exact) mass is 585 g/mol. The number of rotatable bonds is 8. The predicted octanol–water partition coefficient (Wildman–Crippen LogP) is 4.53. The molecule has 0 bridgehead atoms. The summed E-state index contributed by atoms with van der Waals surface area (Å²) in [6.07, 6.45) is -5.55. The van der Waals surface area contributed by atoms with Crippen LogP contribution in [0.4, 0.5) is 22.0 Å². The number of carbonyl (C=O) groups is 1. The Morgan fingerprint density at radius 3 is 2.59 bits per heavy atom. The number of hydrogen-bond donors (Lipinski definition) is 1. The van der Waals surface area contributed by atoms with Gasteiger partial charge in [0.2, 0.25) is 4.73 Å². The van der Waals surface area contributed by atoms with Gasteiger partial charge in [-0.1, -0.05) is 0 Å². The van der Waals surface area contributed by atoms with Crippen molar-refractivity contribution in [3.8, 4) is 17.6 Å². The summed E-state index contributed by atoms with van der Waals surface area (Å²) >= 11 is 3.14. The summed E-state index contributed by atoms with van der Waals surface area (Å²) in [6.45, 7) is 0.738. The fourth-order valence-corrected chi connectivity index (χ4v) is 3.78. The topological polar surface area (TPSA) is 119 Å². The van der Waals surface area contributed by atoms with E-state index in [1.807, 2.05) is 6.07 Å². The molecule has 3 aromatic rings. The Hall–Kier alpha value is -3.67. The number of halogens is 6. The van der Waals surface area contributed by atoms with Crippen LogP contribution in [0, 0.1) is 11.3 Å². The highest BCUT2D eigenvalue weighted by Gasteiger charge is 2.48. The molecule has 15 heteroatoms. The zero-order chi connectivity index (χ0) is 27.0. The van der Waals surface area contributed by atoms with Gasteiger partial charge in [-0.2, -0.15) is 23.1 Å². The Morgan fingerprint density at radius 2 is 2.03 bits per heavy atom. The van der Waals surface area contributed by atoms with E-state index < -0.39 is 42.3 Å². The maximum Gasteiger partial charge on any atom is 0.433 e. The van der Waals surface area contributed by atoms with Crippen LogP contribution in [0.1, 0.15) is 53.4 Å². The second-order valence-electron chi connectivity index (χ2n) is 8.22. The Kier molecular flexibility index (Phi) is 7.13. The van der Waals surface area contributed by atoms with Crippen molar-refractivity contribution in [3.05, 3.63) is 58.0 Å². The zero-order valence-electron chi connectivity index (χ0n) is 18.9. The van der Waals surface area contributed by atoms with Crippen molar-refractivity contribution in [1.29, 1.82) is 5.26 Å². The highest BCUT2D eigenvalue weighted by atomic mass is 79.9. The number of aromatic nitrogens is 5. The minimum Gasteiger partial charge on any atom is -0.486 e. The van der Waals surface area contributed by atoms with E-state index in [2.05, 4.69) is 41.3 Å². The Bertz CT molecular complexity index is 1350. The highest BCUT2D eigenvalue weighted by molar-refractivity contribution is 9.10. The van der Waals surface area contributed by atoms with Crippen LogP contribution in [-0.2, 0) is 11.6 Å². The van der Waals surface area contributed by atoms with Gasteiger partial charge in [0.05, 0.1) is 29.4 Å². The SMILES string of the molecule is CC(NC(=O)c1cc(C(F)(F)F)nc(C2(C#N)CC2)c1)c1nc(Br)nn1-c1ccc(OCC(F)F)cn1. The molecule has 1 N–H and O–H groups in total. The molecule has 1 saturated carbocycles. The molecule has 4 rings (SSSR count). The number of carbonyl (C=O) groups excluding carboxylic acids is 1. The maximum absolute atomic E-state index is 13.5. The maximum atomic E-state index is 13.5. The average molecular weight is 586 g/mol. The number of ether oxygens (including phenoxy) is 1.